The maximum absolute atomic E-state index is 12.0. The third kappa shape index (κ3) is 2.83. The molecule has 0 aliphatic heterocycles. The fourth-order valence-electron chi connectivity index (χ4n) is 2.66. The summed E-state index contributed by atoms with van der Waals surface area (Å²) in [5, 5.41) is 3.60. The largest absolute Gasteiger partial charge is 0.382 e. The van der Waals surface area contributed by atoms with Crippen molar-refractivity contribution < 1.29 is 8.42 Å². The van der Waals surface area contributed by atoms with Crippen molar-refractivity contribution in [1.82, 2.24) is 4.31 Å². The van der Waals surface area contributed by atoms with Gasteiger partial charge in [-0.05, 0) is 61.8 Å². The van der Waals surface area contributed by atoms with E-state index in [9.17, 15) is 8.42 Å². The van der Waals surface area contributed by atoms with E-state index in [-0.39, 0.29) is 0 Å². The molecule has 0 amide bonds. The van der Waals surface area contributed by atoms with E-state index in [1.807, 2.05) is 12.1 Å². The minimum absolute atomic E-state index is 0.349. The second-order valence-electron chi connectivity index (χ2n) is 6.16. The van der Waals surface area contributed by atoms with E-state index in [1.165, 1.54) is 30.0 Å². The van der Waals surface area contributed by atoms with E-state index >= 15 is 0 Å². The molecule has 0 aromatic heterocycles. The van der Waals surface area contributed by atoms with Crippen LogP contribution in [0.1, 0.15) is 25.7 Å². The maximum Gasteiger partial charge on any atom is 0.242 e. The highest BCUT2D eigenvalue weighted by Gasteiger charge is 2.41. The summed E-state index contributed by atoms with van der Waals surface area (Å²) in [6.07, 6.45) is 5.34. The van der Waals surface area contributed by atoms with Gasteiger partial charge in [0.2, 0.25) is 10.0 Å². The third-order valence-electron chi connectivity index (χ3n) is 4.23. The van der Waals surface area contributed by atoms with E-state index in [1.54, 1.807) is 26.2 Å². The van der Waals surface area contributed by atoms with Gasteiger partial charge < -0.3 is 5.32 Å². The summed E-state index contributed by atoms with van der Waals surface area (Å²) in [6, 6.07) is 7.73. The third-order valence-corrected chi connectivity index (χ3v) is 6.06. The Bertz CT molecular complexity index is 560. The lowest BCUT2D eigenvalue weighted by atomic mass is 10.1. The number of hydrogen-bond donors (Lipinski definition) is 1. The summed E-state index contributed by atoms with van der Waals surface area (Å²) in [5.74, 6) is 1.65. The number of sulfonamides is 1. The van der Waals surface area contributed by atoms with Gasteiger partial charge in [-0.2, -0.15) is 0 Å². The van der Waals surface area contributed by atoms with Crippen molar-refractivity contribution >= 4 is 15.7 Å². The SMILES string of the molecule is CN(C)S(=O)(=O)c1ccc(NC(C2CC2)C2CC2)cc1. The summed E-state index contributed by atoms with van der Waals surface area (Å²) in [4.78, 5) is 0.349. The number of anilines is 1. The van der Waals surface area contributed by atoms with Gasteiger partial charge >= 0.3 is 0 Å². The first kappa shape index (κ1) is 13.9. The average Bonchev–Trinajstić information content (AvgIpc) is 3.29. The standard InChI is InChI=1S/C15H22N2O2S/c1-17(2)20(18,19)14-9-7-13(8-10-14)16-15(11-3-4-11)12-5-6-12/h7-12,15-16H,3-6H2,1-2H3. The van der Waals surface area contributed by atoms with Gasteiger partial charge in [0.1, 0.15) is 0 Å². The van der Waals surface area contributed by atoms with Gasteiger partial charge in [0.05, 0.1) is 4.90 Å². The Kier molecular flexibility index (Phi) is 3.50. The lowest BCUT2D eigenvalue weighted by Crippen LogP contribution is -2.24. The first-order valence-corrected chi connectivity index (χ1v) is 8.71. The molecule has 5 heteroatoms. The van der Waals surface area contributed by atoms with Crippen LogP contribution in [0.15, 0.2) is 29.2 Å². The van der Waals surface area contributed by atoms with Crippen molar-refractivity contribution in [2.24, 2.45) is 11.8 Å². The number of hydrogen-bond acceptors (Lipinski definition) is 3. The van der Waals surface area contributed by atoms with Crippen LogP contribution in [-0.2, 0) is 10.0 Å². The number of benzene rings is 1. The molecule has 0 bridgehead atoms. The van der Waals surface area contributed by atoms with Crippen LogP contribution in [0, 0.1) is 11.8 Å². The molecular weight excluding hydrogens is 272 g/mol. The van der Waals surface area contributed by atoms with Crippen LogP contribution >= 0.6 is 0 Å². The molecule has 2 fully saturated rings. The molecule has 2 aliphatic rings. The van der Waals surface area contributed by atoms with Gasteiger partial charge in [0, 0.05) is 25.8 Å². The molecule has 0 spiro atoms. The van der Waals surface area contributed by atoms with Crippen molar-refractivity contribution in [2.75, 3.05) is 19.4 Å². The first-order valence-electron chi connectivity index (χ1n) is 7.27. The average molecular weight is 294 g/mol. The summed E-state index contributed by atoms with van der Waals surface area (Å²) in [6.45, 7) is 0. The summed E-state index contributed by atoms with van der Waals surface area (Å²) >= 11 is 0. The molecule has 3 rings (SSSR count). The molecule has 4 nitrogen and oxygen atoms in total. The van der Waals surface area contributed by atoms with E-state index < -0.39 is 10.0 Å². The lowest BCUT2D eigenvalue weighted by molar-refractivity contribution is 0.520. The first-order chi connectivity index (χ1) is 9.48. The van der Waals surface area contributed by atoms with Gasteiger partial charge in [-0.3, -0.25) is 0 Å². The second kappa shape index (κ2) is 5.04. The Balaban J connectivity index is 1.72. The predicted molar refractivity (Wildman–Crippen MR) is 80.2 cm³/mol. The van der Waals surface area contributed by atoms with Crippen molar-refractivity contribution in [3.63, 3.8) is 0 Å². The van der Waals surface area contributed by atoms with Gasteiger partial charge in [-0.1, -0.05) is 0 Å². The van der Waals surface area contributed by atoms with E-state index in [2.05, 4.69) is 5.32 Å². The smallest absolute Gasteiger partial charge is 0.242 e. The summed E-state index contributed by atoms with van der Waals surface area (Å²) in [7, 11) is -0.218. The summed E-state index contributed by atoms with van der Waals surface area (Å²) < 4.78 is 25.3. The van der Waals surface area contributed by atoms with Gasteiger partial charge in [0.25, 0.3) is 0 Å². The van der Waals surface area contributed by atoms with Crippen LogP contribution in [0.4, 0.5) is 5.69 Å². The Hall–Kier alpha value is -1.07. The molecule has 2 saturated carbocycles. The Labute approximate surface area is 121 Å². The zero-order chi connectivity index (χ0) is 14.3. The van der Waals surface area contributed by atoms with Crippen LogP contribution in [0.2, 0.25) is 0 Å². The van der Waals surface area contributed by atoms with Crippen molar-refractivity contribution in [1.29, 1.82) is 0 Å². The number of nitrogens with zero attached hydrogens (tertiary/aromatic N) is 1. The highest BCUT2D eigenvalue weighted by molar-refractivity contribution is 7.89. The monoisotopic (exact) mass is 294 g/mol. The topological polar surface area (TPSA) is 49.4 Å². The van der Waals surface area contributed by atoms with Crippen molar-refractivity contribution in [3.05, 3.63) is 24.3 Å². The zero-order valence-electron chi connectivity index (χ0n) is 12.0. The minimum atomic E-state index is -3.32. The van der Waals surface area contributed by atoms with E-state index in [0.29, 0.717) is 10.9 Å². The molecule has 0 radical (unpaired) electrons. The fourth-order valence-corrected chi connectivity index (χ4v) is 3.56. The molecule has 1 aromatic carbocycles. The van der Waals surface area contributed by atoms with E-state index in [0.717, 1.165) is 17.5 Å². The Morgan fingerprint density at radius 3 is 1.95 bits per heavy atom. The van der Waals surface area contributed by atoms with Crippen LogP contribution in [-0.4, -0.2) is 32.9 Å². The quantitative estimate of drug-likeness (QED) is 0.877. The lowest BCUT2D eigenvalue weighted by Gasteiger charge is -2.19. The van der Waals surface area contributed by atoms with Gasteiger partial charge in [-0.25, -0.2) is 12.7 Å². The Morgan fingerprint density at radius 1 is 1.05 bits per heavy atom. The van der Waals surface area contributed by atoms with Crippen LogP contribution in [0.5, 0.6) is 0 Å². The molecule has 2 aliphatic carbocycles. The van der Waals surface area contributed by atoms with Crippen LogP contribution in [0.25, 0.3) is 0 Å². The number of nitrogens with one attached hydrogen (secondary N) is 1. The predicted octanol–water partition coefficient (Wildman–Crippen LogP) is 2.54. The molecule has 1 aromatic rings. The van der Waals surface area contributed by atoms with Gasteiger partial charge in [0.15, 0.2) is 0 Å². The number of rotatable bonds is 6. The molecule has 20 heavy (non-hydrogen) atoms. The minimum Gasteiger partial charge on any atom is -0.382 e. The second-order valence-corrected chi connectivity index (χ2v) is 8.31. The molecule has 0 atom stereocenters. The highest BCUT2D eigenvalue weighted by Crippen LogP contribution is 2.45. The highest BCUT2D eigenvalue weighted by atomic mass is 32.2. The molecule has 1 N–H and O–H groups in total. The molecule has 110 valence electrons. The van der Waals surface area contributed by atoms with Crippen LogP contribution < -0.4 is 5.32 Å². The summed E-state index contributed by atoms with van der Waals surface area (Å²) in [5.41, 5.74) is 1.03. The zero-order valence-corrected chi connectivity index (χ0v) is 12.9. The van der Waals surface area contributed by atoms with Crippen LogP contribution in [0.3, 0.4) is 0 Å². The molecule has 0 saturated heterocycles. The molecule has 0 heterocycles. The normalized spacial score (nSPS) is 19.6. The fraction of sp³-hybridized carbons (Fsp3) is 0.600. The van der Waals surface area contributed by atoms with Crippen molar-refractivity contribution in [2.45, 2.75) is 36.6 Å². The van der Waals surface area contributed by atoms with E-state index in [4.69, 9.17) is 0 Å². The Morgan fingerprint density at radius 2 is 1.55 bits per heavy atom. The van der Waals surface area contributed by atoms with Gasteiger partial charge in [-0.15, -0.1) is 0 Å². The van der Waals surface area contributed by atoms with Crippen molar-refractivity contribution in [3.8, 4) is 0 Å². The molecule has 0 unspecified atom stereocenters. The maximum atomic E-state index is 12.0. The molecular formula is C15H22N2O2S.